The molecule has 0 saturated carbocycles. The molecule has 0 saturated heterocycles. The van der Waals surface area contributed by atoms with E-state index in [0.717, 1.165) is 0 Å². The van der Waals surface area contributed by atoms with Crippen LogP contribution in [0.1, 0.15) is 48.5 Å². The van der Waals surface area contributed by atoms with Crippen LogP contribution in [-0.4, -0.2) is 33.4 Å². The summed E-state index contributed by atoms with van der Waals surface area (Å²) in [4.78, 5) is 11.0. The second-order valence-electron chi connectivity index (χ2n) is 9.75. The smallest absolute Gasteiger partial charge is 0.261 e. The van der Waals surface area contributed by atoms with E-state index in [1.807, 2.05) is 26.0 Å². The molecule has 0 heterocycles. The van der Waals surface area contributed by atoms with E-state index in [-0.39, 0.29) is 5.04 Å². The molecule has 0 aromatic heterocycles. The van der Waals surface area contributed by atoms with E-state index >= 15 is 0 Å². The van der Waals surface area contributed by atoms with Crippen LogP contribution >= 0.6 is 0 Å². The molecule has 0 aliphatic rings. The minimum absolute atomic E-state index is 0.0544. The summed E-state index contributed by atoms with van der Waals surface area (Å²) in [6, 6.07) is 21.3. The number of hydrogen-bond acceptors (Lipinski definition) is 4. The zero-order valence-corrected chi connectivity index (χ0v) is 21.3. The Kier molecular flexibility index (Phi) is 8.42. The van der Waals surface area contributed by atoms with Crippen LogP contribution < -0.4 is 10.4 Å². The zero-order chi connectivity index (χ0) is 23.2. The highest BCUT2D eigenvalue weighted by atomic mass is 28.4. The van der Waals surface area contributed by atoms with Gasteiger partial charge >= 0.3 is 0 Å². The molecule has 0 bridgehead atoms. The van der Waals surface area contributed by atoms with Crippen molar-refractivity contribution in [2.24, 2.45) is 0 Å². The largest absolute Gasteiger partial charge is 0.404 e. The predicted octanol–water partition coefficient (Wildman–Crippen LogP) is 5.23. The van der Waals surface area contributed by atoms with E-state index in [0.29, 0.717) is 6.61 Å². The number of methoxy groups -OCH3 is 1. The van der Waals surface area contributed by atoms with Crippen molar-refractivity contribution in [3.8, 4) is 0 Å². The van der Waals surface area contributed by atoms with Crippen molar-refractivity contribution in [1.29, 1.82) is 0 Å². The lowest BCUT2D eigenvalue weighted by Gasteiger charge is -2.42. The highest BCUT2D eigenvalue weighted by Crippen LogP contribution is 2.36. The number of ether oxygens (including phenoxy) is 1. The lowest BCUT2D eigenvalue weighted by Crippen LogP contribution is -2.66. The van der Waals surface area contributed by atoms with E-state index in [1.54, 1.807) is 21.0 Å². The fraction of sp³-hybridized carbons (Fsp3) is 0.462. The summed E-state index contributed by atoms with van der Waals surface area (Å²) in [7, 11) is -0.956. The molecule has 4 nitrogen and oxygen atoms in total. The second kappa shape index (κ2) is 10.2. The Balaban J connectivity index is 2.28. The summed E-state index contributed by atoms with van der Waals surface area (Å²) in [6.45, 7) is 14.8. The Bertz CT molecular complexity index is 784. The normalized spacial score (nSPS) is 13.7. The monoisotopic (exact) mass is 442 g/mol. The standard InChI is InChI=1S/C26H38O4Si/c1-24(2,3)31(22-16-11-9-12-17-22,23-18-13-10-14-19-23)28-21-15-20-25(4,5)29-30-26(6,7)27-8/h9-20H,21H2,1-8H3/b20-15+. The van der Waals surface area contributed by atoms with Crippen molar-refractivity contribution in [2.45, 2.75) is 64.9 Å². The molecule has 0 spiro atoms. The molecular weight excluding hydrogens is 404 g/mol. The van der Waals surface area contributed by atoms with Gasteiger partial charge in [0, 0.05) is 7.11 Å². The van der Waals surface area contributed by atoms with Gasteiger partial charge in [-0.15, -0.1) is 0 Å². The molecule has 0 N–H and O–H groups in total. The second-order valence-corrected chi connectivity index (χ2v) is 14.1. The van der Waals surface area contributed by atoms with Gasteiger partial charge in [0.05, 0.1) is 6.61 Å². The first-order valence-corrected chi connectivity index (χ1v) is 12.7. The summed E-state index contributed by atoms with van der Waals surface area (Å²) in [5, 5.41) is 2.48. The molecule has 0 aliphatic carbocycles. The van der Waals surface area contributed by atoms with Crippen molar-refractivity contribution >= 4 is 18.7 Å². The minimum Gasteiger partial charge on any atom is -0.404 e. The van der Waals surface area contributed by atoms with Gasteiger partial charge in [0.15, 0.2) is 5.79 Å². The SMILES string of the molecule is COC(C)(C)OOC(C)(C)/C=C/CO[Si](c1ccccc1)(c1ccccc1)C(C)(C)C. The summed E-state index contributed by atoms with van der Waals surface area (Å²) in [6.07, 6.45) is 3.99. The first kappa shape index (κ1) is 25.5. The quantitative estimate of drug-likeness (QED) is 0.166. The molecule has 0 unspecified atom stereocenters. The van der Waals surface area contributed by atoms with Gasteiger partial charge in [-0.3, -0.25) is 0 Å². The van der Waals surface area contributed by atoms with Crippen LogP contribution in [0.2, 0.25) is 5.04 Å². The van der Waals surface area contributed by atoms with Crippen LogP contribution in [-0.2, 0) is 18.9 Å². The van der Waals surface area contributed by atoms with Gasteiger partial charge in [-0.2, -0.15) is 0 Å². The van der Waals surface area contributed by atoms with Crippen molar-refractivity contribution in [2.75, 3.05) is 13.7 Å². The maximum atomic E-state index is 6.86. The van der Waals surface area contributed by atoms with Crippen LogP contribution in [0, 0.1) is 0 Å². The van der Waals surface area contributed by atoms with Gasteiger partial charge in [-0.05, 0) is 43.1 Å². The van der Waals surface area contributed by atoms with E-state index in [2.05, 4.69) is 81.4 Å². The number of benzene rings is 2. The van der Waals surface area contributed by atoms with E-state index in [4.69, 9.17) is 18.9 Å². The van der Waals surface area contributed by atoms with E-state index in [1.165, 1.54) is 10.4 Å². The van der Waals surface area contributed by atoms with Crippen molar-refractivity contribution in [1.82, 2.24) is 0 Å². The summed E-state index contributed by atoms with van der Waals surface area (Å²) < 4.78 is 12.1. The maximum Gasteiger partial charge on any atom is 0.261 e. The van der Waals surface area contributed by atoms with Crippen LogP contribution in [0.4, 0.5) is 0 Å². The Morgan fingerprint density at radius 3 is 1.65 bits per heavy atom. The molecule has 31 heavy (non-hydrogen) atoms. The first-order valence-electron chi connectivity index (χ1n) is 10.8. The molecule has 0 radical (unpaired) electrons. The fourth-order valence-electron chi connectivity index (χ4n) is 3.54. The Labute approximate surface area is 189 Å². The van der Waals surface area contributed by atoms with Gasteiger partial charge in [-0.25, -0.2) is 9.78 Å². The van der Waals surface area contributed by atoms with Crippen LogP contribution in [0.15, 0.2) is 72.8 Å². The Hall–Kier alpha value is -1.76. The maximum absolute atomic E-state index is 6.86. The molecule has 2 aromatic rings. The van der Waals surface area contributed by atoms with E-state index in [9.17, 15) is 0 Å². The molecule has 2 rings (SSSR count). The van der Waals surface area contributed by atoms with E-state index < -0.39 is 19.7 Å². The fourth-order valence-corrected chi connectivity index (χ4v) is 8.04. The topological polar surface area (TPSA) is 36.9 Å². The van der Waals surface area contributed by atoms with Crippen LogP contribution in [0.3, 0.4) is 0 Å². The summed E-state index contributed by atoms with van der Waals surface area (Å²) in [5.74, 6) is -0.809. The molecule has 0 fully saturated rings. The number of rotatable bonds is 10. The first-order chi connectivity index (χ1) is 14.4. The molecular formula is C26H38O4Si. The molecule has 0 atom stereocenters. The minimum atomic E-state index is -2.54. The highest BCUT2D eigenvalue weighted by Gasteiger charge is 2.49. The summed E-state index contributed by atoms with van der Waals surface area (Å²) in [5.41, 5.74) is -0.620. The molecule has 170 valence electrons. The average molecular weight is 443 g/mol. The lowest BCUT2D eigenvalue weighted by atomic mass is 10.1. The third-order valence-electron chi connectivity index (χ3n) is 5.28. The lowest BCUT2D eigenvalue weighted by molar-refractivity contribution is -0.441. The zero-order valence-electron chi connectivity index (χ0n) is 20.3. The van der Waals surface area contributed by atoms with Crippen molar-refractivity contribution in [3.63, 3.8) is 0 Å². The van der Waals surface area contributed by atoms with Crippen molar-refractivity contribution in [3.05, 3.63) is 72.8 Å². The average Bonchev–Trinajstić information content (AvgIpc) is 2.73. The third kappa shape index (κ3) is 6.61. The summed E-state index contributed by atoms with van der Waals surface area (Å²) >= 11 is 0. The van der Waals surface area contributed by atoms with Gasteiger partial charge in [-0.1, -0.05) is 93.6 Å². The number of hydrogen-bond donors (Lipinski definition) is 0. The molecule has 5 heteroatoms. The van der Waals surface area contributed by atoms with Gasteiger partial charge in [0.25, 0.3) is 8.32 Å². The van der Waals surface area contributed by atoms with Gasteiger partial charge < -0.3 is 9.16 Å². The Morgan fingerprint density at radius 2 is 1.23 bits per heavy atom. The predicted molar refractivity (Wildman–Crippen MR) is 130 cm³/mol. The molecule has 0 aliphatic heterocycles. The van der Waals surface area contributed by atoms with Gasteiger partial charge in [0.1, 0.15) is 5.60 Å². The van der Waals surface area contributed by atoms with Crippen LogP contribution in [0.25, 0.3) is 0 Å². The molecule has 2 aromatic carbocycles. The Morgan fingerprint density at radius 1 is 0.742 bits per heavy atom. The third-order valence-corrected chi connectivity index (χ3v) is 10.3. The molecule has 0 amide bonds. The van der Waals surface area contributed by atoms with Crippen LogP contribution in [0.5, 0.6) is 0 Å². The highest BCUT2D eigenvalue weighted by molar-refractivity contribution is 6.99. The van der Waals surface area contributed by atoms with Gasteiger partial charge in [0.2, 0.25) is 0 Å². The van der Waals surface area contributed by atoms with Crippen molar-refractivity contribution < 1.29 is 18.9 Å².